The summed E-state index contributed by atoms with van der Waals surface area (Å²) in [5, 5.41) is 1.20. The summed E-state index contributed by atoms with van der Waals surface area (Å²) in [4.78, 5) is 4.31. The van der Waals surface area contributed by atoms with Gasteiger partial charge in [-0.2, -0.15) is 0 Å². The molecule has 3 rings (SSSR count). The predicted molar refractivity (Wildman–Crippen MR) is 80.2 cm³/mol. The number of anilines is 1. The quantitative estimate of drug-likeness (QED) is 0.729. The standard InChI is InChI=1S/C14H11Cl2N3/c1-8-5-6-9(15)12(7-8)19-11-4-2-3-10(16)13(11)18-14(19)17/h2-7H,1H3,(H2,17,18). The van der Waals surface area contributed by atoms with Crippen molar-refractivity contribution in [1.82, 2.24) is 9.55 Å². The second-order valence-electron chi connectivity index (χ2n) is 4.37. The van der Waals surface area contributed by atoms with Crippen molar-refractivity contribution in [1.29, 1.82) is 0 Å². The number of aromatic nitrogens is 2. The highest BCUT2D eigenvalue weighted by atomic mass is 35.5. The van der Waals surface area contributed by atoms with Crippen LogP contribution >= 0.6 is 23.2 Å². The number of para-hydroxylation sites is 1. The Balaban J connectivity index is 2.39. The van der Waals surface area contributed by atoms with Gasteiger partial charge in [0.15, 0.2) is 0 Å². The van der Waals surface area contributed by atoms with Crippen molar-refractivity contribution in [3.8, 4) is 5.69 Å². The average Bonchev–Trinajstić information content (AvgIpc) is 2.70. The normalized spacial score (nSPS) is 11.1. The highest BCUT2D eigenvalue weighted by molar-refractivity contribution is 6.35. The maximum absolute atomic E-state index is 6.26. The molecule has 0 aliphatic heterocycles. The van der Waals surface area contributed by atoms with Gasteiger partial charge >= 0.3 is 0 Å². The van der Waals surface area contributed by atoms with E-state index < -0.39 is 0 Å². The monoisotopic (exact) mass is 291 g/mol. The van der Waals surface area contributed by atoms with Crippen LogP contribution in [0.15, 0.2) is 36.4 Å². The van der Waals surface area contributed by atoms with Gasteiger partial charge in [0.05, 0.1) is 21.2 Å². The topological polar surface area (TPSA) is 43.8 Å². The molecule has 0 saturated heterocycles. The Labute approximate surface area is 120 Å². The van der Waals surface area contributed by atoms with Gasteiger partial charge in [0.2, 0.25) is 5.95 Å². The molecule has 2 aromatic carbocycles. The Morgan fingerprint density at radius 2 is 1.89 bits per heavy atom. The number of nitrogens with zero attached hydrogens (tertiary/aromatic N) is 2. The van der Waals surface area contributed by atoms with Crippen LogP contribution in [0.4, 0.5) is 5.95 Å². The second-order valence-corrected chi connectivity index (χ2v) is 5.18. The van der Waals surface area contributed by atoms with Crippen molar-refractivity contribution in [2.75, 3.05) is 5.73 Å². The summed E-state index contributed by atoms with van der Waals surface area (Å²) in [6, 6.07) is 11.4. The smallest absolute Gasteiger partial charge is 0.206 e. The number of hydrogen-bond donors (Lipinski definition) is 1. The lowest BCUT2D eigenvalue weighted by Crippen LogP contribution is -2.01. The van der Waals surface area contributed by atoms with Gasteiger partial charge in [0.25, 0.3) is 0 Å². The Hall–Kier alpha value is -1.71. The Morgan fingerprint density at radius 1 is 1.11 bits per heavy atom. The van der Waals surface area contributed by atoms with Crippen LogP contribution in [-0.2, 0) is 0 Å². The van der Waals surface area contributed by atoms with Crippen LogP contribution in [-0.4, -0.2) is 9.55 Å². The minimum absolute atomic E-state index is 0.371. The summed E-state index contributed by atoms with van der Waals surface area (Å²) < 4.78 is 1.82. The van der Waals surface area contributed by atoms with E-state index in [9.17, 15) is 0 Å². The molecule has 0 fully saturated rings. The molecule has 2 N–H and O–H groups in total. The van der Waals surface area contributed by atoms with E-state index in [0.29, 0.717) is 21.5 Å². The number of nitrogen functional groups attached to an aromatic ring is 1. The van der Waals surface area contributed by atoms with Gasteiger partial charge in [-0.25, -0.2) is 4.98 Å². The third kappa shape index (κ3) is 1.95. The molecule has 1 heterocycles. The lowest BCUT2D eigenvalue weighted by Gasteiger charge is -2.09. The summed E-state index contributed by atoms with van der Waals surface area (Å²) in [6.07, 6.45) is 0. The zero-order chi connectivity index (χ0) is 13.6. The van der Waals surface area contributed by atoms with Crippen LogP contribution in [0, 0.1) is 6.92 Å². The van der Waals surface area contributed by atoms with Crippen molar-refractivity contribution in [2.45, 2.75) is 6.92 Å². The second kappa shape index (κ2) is 4.44. The van der Waals surface area contributed by atoms with Crippen LogP contribution in [0.5, 0.6) is 0 Å². The summed E-state index contributed by atoms with van der Waals surface area (Å²) in [7, 11) is 0. The number of aryl methyl sites for hydroxylation is 1. The first-order valence-corrected chi connectivity index (χ1v) is 6.52. The van der Waals surface area contributed by atoms with Gasteiger partial charge in [-0.05, 0) is 36.8 Å². The number of hydrogen-bond acceptors (Lipinski definition) is 2. The van der Waals surface area contributed by atoms with Crippen LogP contribution < -0.4 is 5.73 Å². The van der Waals surface area contributed by atoms with E-state index in [1.165, 1.54) is 0 Å². The minimum Gasteiger partial charge on any atom is -0.369 e. The molecule has 0 saturated carbocycles. The summed E-state index contributed by atoms with van der Waals surface area (Å²) in [5.41, 5.74) is 9.44. The van der Waals surface area contributed by atoms with Crippen LogP contribution in [0.2, 0.25) is 10.0 Å². The highest BCUT2D eigenvalue weighted by Crippen LogP contribution is 2.31. The number of fused-ring (bicyclic) bond motifs is 1. The summed E-state index contributed by atoms with van der Waals surface area (Å²) >= 11 is 12.4. The predicted octanol–water partition coefficient (Wildman–Crippen LogP) is 4.22. The number of benzene rings is 2. The van der Waals surface area contributed by atoms with Gasteiger partial charge in [-0.3, -0.25) is 4.57 Å². The van der Waals surface area contributed by atoms with Crippen molar-refractivity contribution in [3.05, 3.63) is 52.0 Å². The Kier molecular flexibility index (Phi) is 2.88. The molecule has 5 heteroatoms. The average molecular weight is 292 g/mol. The molecule has 0 aliphatic rings. The van der Waals surface area contributed by atoms with Gasteiger partial charge < -0.3 is 5.73 Å². The van der Waals surface area contributed by atoms with E-state index in [0.717, 1.165) is 16.8 Å². The molecule has 19 heavy (non-hydrogen) atoms. The maximum Gasteiger partial charge on any atom is 0.206 e. The molecule has 0 radical (unpaired) electrons. The van der Waals surface area contributed by atoms with E-state index >= 15 is 0 Å². The number of rotatable bonds is 1. The van der Waals surface area contributed by atoms with Crippen LogP contribution in [0.25, 0.3) is 16.7 Å². The number of halogens is 2. The highest BCUT2D eigenvalue weighted by Gasteiger charge is 2.14. The molecule has 0 atom stereocenters. The molecular weight excluding hydrogens is 281 g/mol. The van der Waals surface area contributed by atoms with Crippen molar-refractivity contribution in [3.63, 3.8) is 0 Å². The molecule has 3 aromatic rings. The molecule has 3 nitrogen and oxygen atoms in total. The lowest BCUT2D eigenvalue weighted by atomic mass is 10.2. The van der Waals surface area contributed by atoms with Crippen molar-refractivity contribution >= 4 is 40.2 Å². The Morgan fingerprint density at radius 3 is 2.68 bits per heavy atom. The third-order valence-electron chi connectivity index (χ3n) is 3.00. The minimum atomic E-state index is 0.371. The fourth-order valence-corrected chi connectivity index (χ4v) is 2.54. The first kappa shape index (κ1) is 12.3. The van der Waals surface area contributed by atoms with E-state index in [1.54, 1.807) is 6.07 Å². The van der Waals surface area contributed by atoms with E-state index in [4.69, 9.17) is 28.9 Å². The SMILES string of the molecule is Cc1ccc(Cl)c(-n2c(N)nc3c(Cl)cccc32)c1. The number of nitrogens with two attached hydrogens (primary N) is 1. The van der Waals surface area contributed by atoms with Crippen LogP contribution in [0.3, 0.4) is 0 Å². The zero-order valence-electron chi connectivity index (χ0n) is 10.2. The van der Waals surface area contributed by atoms with Gasteiger partial charge in [0.1, 0.15) is 5.52 Å². The molecule has 96 valence electrons. The van der Waals surface area contributed by atoms with E-state index in [1.807, 2.05) is 41.8 Å². The maximum atomic E-state index is 6.26. The van der Waals surface area contributed by atoms with E-state index in [-0.39, 0.29) is 0 Å². The van der Waals surface area contributed by atoms with Gasteiger partial charge in [-0.15, -0.1) is 0 Å². The molecule has 0 bridgehead atoms. The largest absolute Gasteiger partial charge is 0.369 e. The third-order valence-corrected chi connectivity index (χ3v) is 3.63. The molecular formula is C14H11Cl2N3. The first-order valence-electron chi connectivity index (χ1n) is 5.77. The first-order chi connectivity index (χ1) is 9.08. The molecule has 1 aromatic heterocycles. The molecule has 0 unspecified atom stereocenters. The summed E-state index contributed by atoms with van der Waals surface area (Å²) in [5.74, 6) is 0.371. The van der Waals surface area contributed by atoms with Crippen molar-refractivity contribution in [2.24, 2.45) is 0 Å². The van der Waals surface area contributed by atoms with Gasteiger partial charge in [-0.1, -0.05) is 35.3 Å². The number of imidazole rings is 1. The van der Waals surface area contributed by atoms with Crippen LogP contribution in [0.1, 0.15) is 5.56 Å². The van der Waals surface area contributed by atoms with E-state index in [2.05, 4.69) is 4.98 Å². The summed E-state index contributed by atoms with van der Waals surface area (Å²) in [6.45, 7) is 2.00. The molecule has 0 aliphatic carbocycles. The van der Waals surface area contributed by atoms with Gasteiger partial charge in [0, 0.05) is 0 Å². The van der Waals surface area contributed by atoms with Crippen molar-refractivity contribution < 1.29 is 0 Å². The molecule has 0 spiro atoms. The fraction of sp³-hybridized carbons (Fsp3) is 0.0714. The lowest BCUT2D eigenvalue weighted by molar-refractivity contribution is 1.10. The zero-order valence-corrected chi connectivity index (χ0v) is 11.7. The Bertz CT molecular complexity index is 778. The fourth-order valence-electron chi connectivity index (χ4n) is 2.13. The molecule has 0 amide bonds.